The van der Waals surface area contributed by atoms with Crippen molar-refractivity contribution in [3.63, 3.8) is 0 Å². The van der Waals surface area contributed by atoms with E-state index in [1.165, 1.54) is 51.4 Å². The molecule has 0 radical (unpaired) electrons. The van der Waals surface area contributed by atoms with Crippen LogP contribution < -0.4 is 4.74 Å². The van der Waals surface area contributed by atoms with Crippen molar-refractivity contribution in [3.8, 4) is 5.75 Å². The Bertz CT molecular complexity index is 1170. The quantitative estimate of drug-likeness (QED) is 0.186. The van der Waals surface area contributed by atoms with Gasteiger partial charge in [0, 0.05) is 6.42 Å². The first-order chi connectivity index (χ1) is 21.1. The fraction of sp³-hybridized carbons (Fsp3) is 0.775. The fourth-order valence-corrected chi connectivity index (χ4v) is 10.7. The van der Waals surface area contributed by atoms with Gasteiger partial charge < -0.3 is 14.2 Å². The monoisotopic (exact) mass is 604 g/mol. The minimum atomic E-state index is -0.204. The van der Waals surface area contributed by atoms with E-state index in [9.17, 15) is 4.79 Å². The summed E-state index contributed by atoms with van der Waals surface area (Å²) < 4.78 is 17.6. The van der Waals surface area contributed by atoms with Crippen molar-refractivity contribution >= 4 is 5.97 Å². The summed E-state index contributed by atoms with van der Waals surface area (Å²) in [5.74, 6) is 5.68. The second-order valence-electron chi connectivity index (χ2n) is 16.7. The molecule has 4 aliphatic carbocycles. The van der Waals surface area contributed by atoms with Gasteiger partial charge in [-0.2, -0.15) is 0 Å². The molecule has 8 atom stereocenters. The molecular weight excluding hydrogens is 544 g/mol. The number of fused-ring (bicyclic) bond motifs is 5. The van der Waals surface area contributed by atoms with Gasteiger partial charge in [0.2, 0.25) is 0 Å². The van der Waals surface area contributed by atoms with Gasteiger partial charge in [-0.05, 0) is 122 Å². The lowest BCUT2D eigenvalue weighted by molar-refractivity contribution is -0.133. The predicted octanol–water partition coefficient (Wildman–Crippen LogP) is 10.1. The standard InChI is InChI=1S/C40H60O4/c1-7-40(24-42-25-40)26-43-31-14-11-29(12-15-31)37(41)44-32-19-21-38(5)30(23-32)13-16-33-35-18-17-34(28(4)10-8-9-27(2)3)39(35,6)22-20-36(33)38/h11-15,27-28,32-36H,7-10,16-26H2,1-6H3. The van der Waals surface area contributed by atoms with Crippen molar-refractivity contribution in [2.75, 3.05) is 19.8 Å². The first-order valence-corrected chi connectivity index (χ1v) is 18.3. The van der Waals surface area contributed by atoms with Crippen LogP contribution in [0.25, 0.3) is 0 Å². The lowest BCUT2D eigenvalue weighted by Gasteiger charge is -2.58. The van der Waals surface area contributed by atoms with Crippen LogP contribution in [0.5, 0.6) is 5.75 Å². The molecule has 0 amide bonds. The van der Waals surface area contributed by atoms with E-state index < -0.39 is 0 Å². The number of rotatable bonds is 11. The molecule has 4 nitrogen and oxygen atoms in total. The van der Waals surface area contributed by atoms with Gasteiger partial charge >= 0.3 is 5.97 Å². The van der Waals surface area contributed by atoms with Gasteiger partial charge in [0.05, 0.1) is 30.8 Å². The molecule has 1 aromatic carbocycles. The molecule has 0 spiro atoms. The minimum absolute atomic E-state index is 0.0197. The maximum absolute atomic E-state index is 13.2. The topological polar surface area (TPSA) is 44.8 Å². The van der Waals surface area contributed by atoms with Gasteiger partial charge in [-0.25, -0.2) is 4.79 Å². The molecule has 5 aliphatic rings. The predicted molar refractivity (Wildman–Crippen MR) is 178 cm³/mol. The van der Waals surface area contributed by atoms with Crippen LogP contribution in [0.3, 0.4) is 0 Å². The van der Waals surface area contributed by atoms with Crippen LogP contribution in [0.2, 0.25) is 0 Å². The molecule has 1 saturated heterocycles. The summed E-state index contributed by atoms with van der Waals surface area (Å²) in [6.45, 7) is 16.9. The largest absolute Gasteiger partial charge is 0.493 e. The van der Waals surface area contributed by atoms with E-state index in [0.717, 1.165) is 80.2 Å². The van der Waals surface area contributed by atoms with E-state index in [2.05, 4.69) is 47.6 Å². The molecule has 0 aromatic heterocycles. The Morgan fingerprint density at radius 1 is 0.977 bits per heavy atom. The Morgan fingerprint density at radius 3 is 2.43 bits per heavy atom. The molecule has 0 N–H and O–H groups in total. The number of allylic oxidation sites excluding steroid dienone is 1. The minimum Gasteiger partial charge on any atom is -0.493 e. The normalized spacial score (nSPS) is 36.3. The SMILES string of the molecule is CCC1(COc2ccc(C(=O)OC3CCC4(C)C(=CCC5C4CCC4(C)C(C(C)CCCC(C)C)CCC54)C3)cc2)COC1. The first kappa shape index (κ1) is 32.1. The Morgan fingerprint density at radius 2 is 1.75 bits per heavy atom. The van der Waals surface area contributed by atoms with Crippen LogP contribution in [0.15, 0.2) is 35.9 Å². The van der Waals surface area contributed by atoms with Crippen molar-refractivity contribution < 1.29 is 19.0 Å². The van der Waals surface area contributed by atoms with Crippen LogP contribution in [-0.2, 0) is 9.47 Å². The zero-order chi connectivity index (χ0) is 31.1. The highest BCUT2D eigenvalue weighted by atomic mass is 16.5. The molecule has 3 saturated carbocycles. The second-order valence-corrected chi connectivity index (χ2v) is 16.7. The summed E-state index contributed by atoms with van der Waals surface area (Å²) in [6, 6.07) is 7.50. The van der Waals surface area contributed by atoms with Gasteiger partial charge in [0.1, 0.15) is 11.9 Å². The van der Waals surface area contributed by atoms with E-state index in [4.69, 9.17) is 14.2 Å². The van der Waals surface area contributed by atoms with Crippen molar-refractivity contribution in [2.45, 2.75) is 125 Å². The smallest absolute Gasteiger partial charge is 0.338 e. The molecule has 6 rings (SSSR count). The van der Waals surface area contributed by atoms with Gasteiger partial charge in [0.25, 0.3) is 0 Å². The number of carbonyl (C=O) groups is 1. The molecule has 1 aliphatic heterocycles. The van der Waals surface area contributed by atoms with Gasteiger partial charge in [-0.15, -0.1) is 0 Å². The highest BCUT2D eigenvalue weighted by Gasteiger charge is 2.59. The van der Waals surface area contributed by atoms with E-state index in [1.807, 2.05) is 24.3 Å². The summed E-state index contributed by atoms with van der Waals surface area (Å²) in [6.07, 6.45) is 17.8. The van der Waals surface area contributed by atoms with Crippen molar-refractivity contribution in [1.29, 1.82) is 0 Å². The molecule has 1 heterocycles. The van der Waals surface area contributed by atoms with Crippen LogP contribution in [0.4, 0.5) is 0 Å². The molecule has 4 fully saturated rings. The maximum Gasteiger partial charge on any atom is 0.338 e. The lowest BCUT2D eigenvalue weighted by atomic mass is 9.47. The average molecular weight is 605 g/mol. The third kappa shape index (κ3) is 6.03. The Labute approximate surface area is 268 Å². The van der Waals surface area contributed by atoms with E-state index in [1.54, 1.807) is 5.57 Å². The molecule has 244 valence electrons. The average Bonchev–Trinajstić information content (AvgIpc) is 3.34. The summed E-state index contributed by atoms with van der Waals surface area (Å²) in [5, 5.41) is 0. The second kappa shape index (κ2) is 12.8. The summed E-state index contributed by atoms with van der Waals surface area (Å²) >= 11 is 0. The molecule has 4 heteroatoms. The number of hydrogen-bond donors (Lipinski definition) is 0. The summed E-state index contributed by atoms with van der Waals surface area (Å²) in [4.78, 5) is 13.2. The molecule has 1 aromatic rings. The zero-order valence-corrected chi connectivity index (χ0v) is 28.7. The lowest BCUT2D eigenvalue weighted by Crippen LogP contribution is -2.51. The third-order valence-electron chi connectivity index (χ3n) is 13.7. The van der Waals surface area contributed by atoms with E-state index in [0.29, 0.717) is 17.6 Å². The van der Waals surface area contributed by atoms with Crippen LogP contribution in [-0.4, -0.2) is 31.9 Å². The summed E-state index contributed by atoms with van der Waals surface area (Å²) in [5.41, 5.74) is 3.13. The van der Waals surface area contributed by atoms with Crippen molar-refractivity contribution in [2.24, 2.45) is 51.8 Å². The molecule has 44 heavy (non-hydrogen) atoms. The number of esters is 1. The van der Waals surface area contributed by atoms with Gasteiger partial charge in [-0.3, -0.25) is 0 Å². The van der Waals surface area contributed by atoms with Gasteiger partial charge in [-0.1, -0.05) is 72.5 Å². The Balaban J connectivity index is 1.05. The zero-order valence-electron chi connectivity index (χ0n) is 28.7. The van der Waals surface area contributed by atoms with Crippen LogP contribution >= 0.6 is 0 Å². The van der Waals surface area contributed by atoms with Crippen LogP contribution in [0.1, 0.15) is 129 Å². The van der Waals surface area contributed by atoms with Gasteiger partial charge in [0.15, 0.2) is 0 Å². The van der Waals surface area contributed by atoms with Crippen molar-refractivity contribution in [3.05, 3.63) is 41.5 Å². The number of hydrogen-bond acceptors (Lipinski definition) is 4. The number of ether oxygens (including phenoxy) is 3. The van der Waals surface area contributed by atoms with Crippen molar-refractivity contribution in [1.82, 2.24) is 0 Å². The maximum atomic E-state index is 13.2. The highest BCUT2D eigenvalue weighted by Crippen LogP contribution is 2.67. The molecule has 0 bridgehead atoms. The summed E-state index contributed by atoms with van der Waals surface area (Å²) in [7, 11) is 0. The number of benzene rings is 1. The fourth-order valence-electron chi connectivity index (χ4n) is 10.7. The van der Waals surface area contributed by atoms with E-state index in [-0.39, 0.29) is 22.9 Å². The van der Waals surface area contributed by atoms with Crippen LogP contribution in [0, 0.1) is 51.8 Å². The first-order valence-electron chi connectivity index (χ1n) is 18.3. The third-order valence-corrected chi connectivity index (χ3v) is 13.7. The Hall–Kier alpha value is -1.81. The van der Waals surface area contributed by atoms with E-state index >= 15 is 0 Å². The Kier molecular flexibility index (Phi) is 9.33. The molecular formula is C40H60O4. The number of carbonyl (C=O) groups excluding carboxylic acids is 1. The highest BCUT2D eigenvalue weighted by molar-refractivity contribution is 5.89. The molecule has 8 unspecified atom stereocenters.